The number of fused-ring (bicyclic) bond motifs is 1. The van der Waals surface area contributed by atoms with Crippen LogP contribution in [-0.4, -0.2) is 19.9 Å². The second-order valence-electron chi connectivity index (χ2n) is 7.70. The summed E-state index contributed by atoms with van der Waals surface area (Å²) < 4.78 is 79.0. The van der Waals surface area contributed by atoms with E-state index in [4.69, 9.17) is 0 Å². The van der Waals surface area contributed by atoms with E-state index in [1.54, 1.807) is 12.1 Å². The molecule has 1 aliphatic rings. The van der Waals surface area contributed by atoms with Crippen LogP contribution in [0.5, 0.6) is 0 Å². The Kier molecular flexibility index (Phi) is 5.96. The predicted octanol–water partition coefficient (Wildman–Crippen LogP) is 5.20. The molecule has 4 nitrogen and oxygen atoms in total. The minimum absolute atomic E-state index is 0.122. The van der Waals surface area contributed by atoms with Gasteiger partial charge in [0, 0.05) is 25.3 Å². The van der Waals surface area contributed by atoms with Crippen LogP contribution in [0.1, 0.15) is 22.3 Å². The first kappa shape index (κ1) is 22.3. The molecule has 0 aromatic heterocycles. The van der Waals surface area contributed by atoms with Gasteiger partial charge in [0.1, 0.15) is 5.82 Å². The first-order chi connectivity index (χ1) is 15.1. The molecule has 1 aliphatic heterocycles. The number of hydrogen-bond donors (Lipinski definition) is 1. The van der Waals surface area contributed by atoms with Crippen LogP contribution < -0.4 is 4.72 Å². The summed E-state index contributed by atoms with van der Waals surface area (Å²) in [6.07, 6.45) is -3.73. The van der Waals surface area contributed by atoms with E-state index in [1.165, 1.54) is 42.5 Å². The van der Waals surface area contributed by atoms with Crippen LogP contribution >= 0.6 is 0 Å². The third kappa shape index (κ3) is 5.11. The van der Waals surface area contributed by atoms with E-state index in [1.807, 2.05) is 0 Å². The molecule has 0 spiro atoms. The summed E-state index contributed by atoms with van der Waals surface area (Å²) in [6.45, 7) is 1.73. The molecular weight excluding hydrogens is 444 g/mol. The summed E-state index contributed by atoms with van der Waals surface area (Å²) in [5, 5.41) is 0. The van der Waals surface area contributed by atoms with Crippen molar-refractivity contribution in [3.63, 3.8) is 0 Å². The Balaban J connectivity index is 1.44. The molecule has 0 unspecified atom stereocenters. The molecule has 0 radical (unpaired) electrons. The number of sulfonamides is 1. The van der Waals surface area contributed by atoms with Crippen molar-refractivity contribution in [3.05, 3.63) is 94.8 Å². The zero-order chi connectivity index (χ0) is 22.9. The molecule has 3 aromatic carbocycles. The molecule has 4 rings (SSSR count). The number of nitrogens with one attached hydrogen (secondary N) is 1. The summed E-state index contributed by atoms with van der Waals surface area (Å²) in [7, 11) is -3.82. The number of nitrogens with zero attached hydrogens (tertiary/aromatic N) is 1. The fraction of sp³-hybridized carbons (Fsp3) is 0.217. The van der Waals surface area contributed by atoms with E-state index in [9.17, 15) is 26.0 Å². The highest BCUT2D eigenvalue weighted by atomic mass is 32.2. The Morgan fingerprint density at radius 1 is 0.906 bits per heavy atom. The molecule has 1 N–H and O–H groups in total. The summed E-state index contributed by atoms with van der Waals surface area (Å²) >= 11 is 0. The molecule has 0 aliphatic carbocycles. The average molecular weight is 464 g/mol. The fourth-order valence-electron chi connectivity index (χ4n) is 3.68. The second-order valence-corrected chi connectivity index (χ2v) is 9.38. The van der Waals surface area contributed by atoms with Crippen molar-refractivity contribution in [3.8, 4) is 0 Å². The molecule has 32 heavy (non-hydrogen) atoms. The van der Waals surface area contributed by atoms with E-state index in [2.05, 4.69) is 9.62 Å². The van der Waals surface area contributed by atoms with Gasteiger partial charge in [0.2, 0.25) is 0 Å². The van der Waals surface area contributed by atoms with Gasteiger partial charge in [-0.15, -0.1) is 0 Å². The highest BCUT2D eigenvalue weighted by Crippen LogP contribution is 2.30. The van der Waals surface area contributed by atoms with Gasteiger partial charge in [-0.1, -0.05) is 18.2 Å². The number of hydrogen-bond acceptors (Lipinski definition) is 3. The van der Waals surface area contributed by atoms with Gasteiger partial charge in [0.05, 0.1) is 10.5 Å². The van der Waals surface area contributed by atoms with Gasteiger partial charge in [-0.2, -0.15) is 13.2 Å². The van der Waals surface area contributed by atoms with Crippen molar-refractivity contribution < 1.29 is 26.0 Å². The van der Waals surface area contributed by atoms with Crippen molar-refractivity contribution in [2.75, 3.05) is 11.3 Å². The van der Waals surface area contributed by atoms with Gasteiger partial charge < -0.3 is 0 Å². The van der Waals surface area contributed by atoms with Crippen molar-refractivity contribution in [2.24, 2.45) is 0 Å². The normalized spacial score (nSPS) is 14.8. The van der Waals surface area contributed by atoms with Gasteiger partial charge in [-0.25, -0.2) is 12.8 Å². The Hall–Kier alpha value is -2.91. The molecule has 9 heteroatoms. The topological polar surface area (TPSA) is 49.4 Å². The lowest BCUT2D eigenvalue weighted by Crippen LogP contribution is -2.30. The van der Waals surface area contributed by atoms with Crippen LogP contribution in [0.4, 0.5) is 23.2 Å². The maximum Gasteiger partial charge on any atom is 0.416 e. The third-order valence-corrected chi connectivity index (χ3v) is 6.74. The lowest BCUT2D eigenvalue weighted by atomic mass is 9.99. The molecule has 0 saturated heterocycles. The van der Waals surface area contributed by atoms with Gasteiger partial charge in [0.15, 0.2) is 0 Å². The SMILES string of the molecule is O=S(=O)(Nc1ccc(F)cc1)c1ccc2c(c1)CCN(Cc1ccc(C(F)(F)F)cc1)C2. The maximum absolute atomic E-state index is 13.0. The minimum atomic E-state index is -4.35. The Bertz CT molecular complexity index is 1210. The van der Waals surface area contributed by atoms with Gasteiger partial charge in [-0.3, -0.25) is 9.62 Å². The van der Waals surface area contributed by atoms with E-state index in [-0.39, 0.29) is 10.6 Å². The van der Waals surface area contributed by atoms with E-state index < -0.39 is 27.6 Å². The number of halogens is 4. The van der Waals surface area contributed by atoms with Gasteiger partial charge >= 0.3 is 6.18 Å². The van der Waals surface area contributed by atoms with Gasteiger partial charge in [0.25, 0.3) is 10.0 Å². The Morgan fingerprint density at radius 2 is 1.59 bits per heavy atom. The zero-order valence-corrected chi connectivity index (χ0v) is 17.7. The lowest BCUT2D eigenvalue weighted by Gasteiger charge is -2.29. The smallest absolute Gasteiger partial charge is 0.294 e. The van der Waals surface area contributed by atoms with Gasteiger partial charge in [-0.05, 0) is 71.6 Å². The van der Waals surface area contributed by atoms with Crippen molar-refractivity contribution in [2.45, 2.75) is 30.6 Å². The van der Waals surface area contributed by atoms with E-state index in [0.29, 0.717) is 26.1 Å². The summed E-state index contributed by atoms with van der Waals surface area (Å²) in [4.78, 5) is 2.23. The Labute approximate surface area is 183 Å². The predicted molar refractivity (Wildman–Crippen MR) is 113 cm³/mol. The highest BCUT2D eigenvalue weighted by Gasteiger charge is 2.30. The van der Waals surface area contributed by atoms with Crippen LogP contribution in [0.25, 0.3) is 0 Å². The number of anilines is 1. The molecule has 1 heterocycles. The standard InChI is InChI=1S/C23H20F4N2O2S/c24-20-6-8-21(9-7-20)28-32(30,31)22-10-3-18-15-29(12-11-17(18)13-22)14-16-1-4-19(5-2-16)23(25,26)27/h1-10,13,28H,11-12,14-15H2. The lowest BCUT2D eigenvalue weighted by molar-refractivity contribution is -0.137. The Morgan fingerprint density at radius 3 is 2.25 bits per heavy atom. The summed E-state index contributed by atoms with van der Waals surface area (Å²) in [5.41, 5.74) is 2.27. The molecule has 3 aromatic rings. The molecule has 0 bridgehead atoms. The highest BCUT2D eigenvalue weighted by molar-refractivity contribution is 7.92. The fourth-order valence-corrected chi connectivity index (χ4v) is 4.79. The summed E-state index contributed by atoms with van der Waals surface area (Å²) in [5.74, 6) is -0.456. The van der Waals surface area contributed by atoms with Crippen LogP contribution in [0.3, 0.4) is 0 Å². The van der Waals surface area contributed by atoms with Crippen LogP contribution in [0, 0.1) is 5.82 Å². The van der Waals surface area contributed by atoms with Crippen LogP contribution in [-0.2, 0) is 35.7 Å². The average Bonchev–Trinajstić information content (AvgIpc) is 2.74. The number of alkyl halides is 3. The second kappa shape index (κ2) is 8.55. The zero-order valence-electron chi connectivity index (χ0n) is 16.9. The minimum Gasteiger partial charge on any atom is -0.294 e. The molecule has 0 atom stereocenters. The van der Waals surface area contributed by atoms with Crippen LogP contribution in [0.2, 0.25) is 0 Å². The molecule has 168 valence electrons. The number of rotatable bonds is 5. The molecule has 0 saturated carbocycles. The van der Waals surface area contributed by atoms with Crippen molar-refractivity contribution in [1.82, 2.24) is 4.90 Å². The molecule has 0 fully saturated rings. The molecule has 0 amide bonds. The molecular formula is C23H20F4N2O2S. The first-order valence-electron chi connectivity index (χ1n) is 9.89. The van der Waals surface area contributed by atoms with Crippen molar-refractivity contribution >= 4 is 15.7 Å². The van der Waals surface area contributed by atoms with E-state index in [0.717, 1.165) is 28.8 Å². The maximum atomic E-state index is 13.0. The van der Waals surface area contributed by atoms with E-state index >= 15 is 0 Å². The number of benzene rings is 3. The quantitative estimate of drug-likeness (QED) is 0.528. The third-order valence-electron chi connectivity index (χ3n) is 5.36. The van der Waals surface area contributed by atoms with Crippen LogP contribution in [0.15, 0.2) is 71.6 Å². The largest absolute Gasteiger partial charge is 0.416 e. The first-order valence-corrected chi connectivity index (χ1v) is 11.4. The monoisotopic (exact) mass is 464 g/mol. The van der Waals surface area contributed by atoms with Crippen molar-refractivity contribution in [1.29, 1.82) is 0 Å². The summed E-state index contributed by atoms with van der Waals surface area (Å²) in [6, 6.07) is 15.1.